The second-order valence-electron chi connectivity index (χ2n) is 7.34. The summed E-state index contributed by atoms with van der Waals surface area (Å²) in [5.41, 5.74) is 1.93. The first-order valence-electron chi connectivity index (χ1n) is 9.94. The molecular formula is C22H26N4O3. The molecule has 4 rings (SSSR count). The third kappa shape index (κ3) is 4.13. The fourth-order valence-electron chi connectivity index (χ4n) is 3.97. The van der Waals surface area contributed by atoms with Gasteiger partial charge in [-0.15, -0.1) is 0 Å². The van der Waals surface area contributed by atoms with Crippen molar-refractivity contribution < 1.29 is 14.3 Å². The summed E-state index contributed by atoms with van der Waals surface area (Å²) in [7, 11) is 1.67. The summed E-state index contributed by atoms with van der Waals surface area (Å²) in [5, 5.41) is 3.04. The van der Waals surface area contributed by atoms with E-state index in [0.717, 1.165) is 30.2 Å². The average molecular weight is 394 g/mol. The van der Waals surface area contributed by atoms with Crippen LogP contribution in [0.1, 0.15) is 6.42 Å². The lowest BCUT2D eigenvalue weighted by atomic mass is 10.2. The molecule has 7 nitrogen and oxygen atoms in total. The van der Waals surface area contributed by atoms with Crippen molar-refractivity contribution in [3.63, 3.8) is 0 Å². The Bertz CT molecular complexity index is 865. The number of piperazine rings is 1. The van der Waals surface area contributed by atoms with E-state index in [4.69, 9.17) is 4.74 Å². The van der Waals surface area contributed by atoms with Gasteiger partial charge in [0.05, 0.1) is 18.8 Å². The first-order chi connectivity index (χ1) is 14.2. The Morgan fingerprint density at radius 1 is 1.00 bits per heavy atom. The molecule has 7 heteroatoms. The first kappa shape index (κ1) is 19.1. The lowest BCUT2D eigenvalue weighted by Gasteiger charge is -2.37. The Labute approximate surface area is 170 Å². The Morgan fingerprint density at radius 3 is 2.41 bits per heavy atom. The van der Waals surface area contributed by atoms with Crippen LogP contribution < -0.4 is 19.9 Å². The van der Waals surface area contributed by atoms with Crippen LogP contribution in [0.5, 0.6) is 5.75 Å². The normalized spacial score (nSPS) is 19.4. The SMILES string of the molecule is COc1ccccc1N1CCN(C(=O)N[C@H]2CC(=O)N(c3ccccc3)C2)CC1. The van der Waals surface area contributed by atoms with Gasteiger partial charge in [-0.1, -0.05) is 30.3 Å². The number of benzene rings is 2. The van der Waals surface area contributed by atoms with Crippen LogP contribution in [0.4, 0.5) is 16.2 Å². The molecule has 2 heterocycles. The van der Waals surface area contributed by atoms with Crippen molar-refractivity contribution in [2.24, 2.45) is 0 Å². The van der Waals surface area contributed by atoms with Crippen molar-refractivity contribution >= 4 is 23.3 Å². The van der Waals surface area contributed by atoms with Crippen LogP contribution in [-0.4, -0.2) is 62.7 Å². The van der Waals surface area contributed by atoms with E-state index in [2.05, 4.69) is 10.2 Å². The molecule has 0 spiro atoms. The van der Waals surface area contributed by atoms with Crippen molar-refractivity contribution in [3.05, 3.63) is 54.6 Å². The fourth-order valence-corrected chi connectivity index (χ4v) is 3.97. The molecule has 2 aliphatic rings. The predicted octanol–water partition coefficient (Wildman–Crippen LogP) is 2.33. The Morgan fingerprint density at radius 2 is 1.69 bits per heavy atom. The quantitative estimate of drug-likeness (QED) is 0.865. The van der Waals surface area contributed by atoms with Crippen molar-refractivity contribution in [2.75, 3.05) is 49.6 Å². The number of methoxy groups -OCH3 is 1. The van der Waals surface area contributed by atoms with Gasteiger partial charge in [-0.2, -0.15) is 0 Å². The van der Waals surface area contributed by atoms with E-state index in [-0.39, 0.29) is 18.0 Å². The largest absolute Gasteiger partial charge is 0.495 e. The fraction of sp³-hybridized carbons (Fsp3) is 0.364. The number of ether oxygens (including phenoxy) is 1. The molecule has 0 bridgehead atoms. The van der Waals surface area contributed by atoms with Gasteiger partial charge >= 0.3 is 6.03 Å². The van der Waals surface area contributed by atoms with Gasteiger partial charge in [-0.3, -0.25) is 4.79 Å². The molecule has 29 heavy (non-hydrogen) atoms. The number of hydrogen-bond acceptors (Lipinski definition) is 4. The zero-order valence-corrected chi connectivity index (χ0v) is 16.6. The third-order valence-electron chi connectivity index (χ3n) is 5.51. The van der Waals surface area contributed by atoms with Gasteiger partial charge in [0.15, 0.2) is 0 Å². The van der Waals surface area contributed by atoms with E-state index in [1.807, 2.05) is 59.5 Å². The van der Waals surface area contributed by atoms with Gasteiger partial charge in [0, 0.05) is 44.8 Å². The summed E-state index contributed by atoms with van der Waals surface area (Å²) >= 11 is 0. The van der Waals surface area contributed by atoms with Crippen LogP contribution in [0, 0.1) is 0 Å². The van der Waals surface area contributed by atoms with E-state index in [1.165, 1.54) is 0 Å². The van der Waals surface area contributed by atoms with Crippen LogP contribution in [0.25, 0.3) is 0 Å². The maximum atomic E-state index is 12.7. The highest BCUT2D eigenvalue weighted by atomic mass is 16.5. The highest BCUT2D eigenvalue weighted by Crippen LogP contribution is 2.28. The second-order valence-corrected chi connectivity index (χ2v) is 7.34. The standard InChI is InChI=1S/C22H26N4O3/c1-29-20-10-6-5-9-19(20)24-11-13-25(14-12-24)22(28)23-17-15-21(27)26(16-17)18-7-3-2-4-8-18/h2-10,17H,11-16H2,1H3,(H,23,28)/t17-/m0/s1. The second kappa shape index (κ2) is 8.43. The number of nitrogens with one attached hydrogen (secondary N) is 1. The van der Waals surface area contributed by atoms with Gasteiger partial charge in [-0.05, 0) is 24.3 Å². The zero-order valence-electron chi connectivity index (χ0n) is 16.6. The van der Waals surface area contributed by atoms with Crippen LogP contribution in [0.2, 0.25) is 0 Å². The number of carbonyl (C=O) groups is 2. The van der Waals surface area contributed by atoms with Gasteiger partial charge < -0.3 is 24.8 Å². The average Bonchev–Trinajstić information content (AvgIpc) is 3.14. The maximum Gasteiger partial charge on any atom is 0.317 e. The molecule has 1 N–H and O–H groups in total. The molecule has 0 aromatic heterocycles. The summed E-state index contributed by atoms with van der Waals surface area (Å²) in [6.45, 7) is 3.26. The topological polar surface area (TPSA) is 65.1 Å². The summed E-state index contributed by atoms with van der Waals surface area (Å²) in [4.78, 5) is 30.9. The maximum absolute atomic E-state index is 12.7. The number of carbonyl (C=O) groups excluding carboxylic acids is 2. The molecule has 2 aromatic carbocycles. The molecule has 2 aromatic rings. The number of hydrogen-bond donors (Lipinski definition) is 1. The van der Waals surface area contributed by atoms with Crippen LogP contribution in [0.3, 0.4) is 0 Å². The minimum Gasteiger partial charge on any atom is -0.495 e. The minimum atomic E-state index is -0.164. The van der Waals surface area contributed by atoms with E-state index < -0.39 is 0 Å². The van der Waals surface area contributed by atoms with Crippen molar-refractivity contribution in [1.82, 2.24) is 10.2 Å². The molecule has 2 fully saturated rings. The number of urea groups is 1. The number of anilines is 2. The summed E-state index contributed by atoms with van der Waals surface area (Å²) in [6.07, 6.45) is 0.335. The van der Waals surface area contributed by atoms with Crippen molar-refractivity contribution in [3.8, 4) is 5.75 Å². The number of rotatable bonds is 4. The molecule has 0 aliphatic carbocycles. The lowest BCUT2D eigenvalue weighted by molar-refractivity contribution is -0.117. The first-order valence-corrected chi connectivity index (χ1v) is 9.94. The molecule has 152 valence electrons. The van der Waals surface area contributed by atoms with E-state index >= 15 is 0 Å². The van der Waals surface area contributed by atoms with Gasteiger partial charge in [0.2, 0.25) is 5.91 Å². The zero-order chi connectivity index (χ0) is 20.2. The number of para-hydroxylation sites is 3. The van der Waals surface area contributed by atoms with Gasteiger partial charge in [-0.25, -0.2) is 4.79 Å². The molecular weight excluding hydrogens is 368 g/mol. The van der Waals surface area contributed by atoms with E-state index in [1.54, 1.807) is 12.0 Å². The van der Waals surface area contributed by atoms with Crippen molar-refractivity contribution in [2.45, 2.75) is 12.5 Å². The molecule has 0 unspecified atom stereocenters. The Balaban J connectivity index is 1.31. The predicted molar refractivity (Wildman–Crippen MR) is 113 cm³/mol. The van der Waals surface area contributed by atoms with Crippen LogP contribution in [0.15, 0.2) is 54.6 Å². The Kier molecular flexibility index (Phi) is 5.55. The molecule has 2 aliphatic heterocycles. The van der Waals surface area contributed by atoms with E-state index in [9.17, 15) is 9.59 Å². The summed E-state index contributed by atoms with van der Waals surface area (Å²) in [5.74, 6) is 0.887. The molecule has 0 radical (unpaired) electrons. The number of nitrogens with zero attached hydrogens (tertiary/aromatic N) is 3. The lowest BCUT2D eigenvalue weighted by Crippen LogP contribution is -2.54. The smallest absolute Gasteiger partial charge is 0.317 e. The molecule has 1 atom stereocenters. The highest BCUT2D eigenvalue weighted by Gasteiger charge is 2.33. The van der Waals surface area contributed by atoms with E-state index in [0.29, 0.717) is 26.1 Å². The van der Waals surface area contributed by atoms with Gasteiger partial charge in [0.25, 0.3) is 0 Å². The monoisotopic (exact) mass is 394 g/mol. The number of amides is 3. The summed E-state index contributed by atoms with van der Waals surface area (Å²) in [6, 6.07) is 17.2. The third-order valence-corrected chi connectivity index (χ3v) is 5.51. The molecule has 0 saturated carbocycles. The van der Waals surface area contributed by atoms with Gasteiger partial charge in [0.1, 0.15) is 5.75 Å². The van der Waals surface area contributed by atoms with Crippen molar-refractivity contribution in [1.29, 1.82) is 0 Å². The Hall–Kier alpha value is -3.22. The minimum absolute atomic E-state index is 0.0440. The molecule has 3 amide bonds. The summed E-state index contributed by atoms with van der Waals surface area (Å²) < 4.78 is 5.45. The van der Waals surface area contributed by atoms with Crippen LogP contribution >= 0.6 is 0 Å². The molecule has 2 saturated heterocycles. The highest BCUT2D eigenvalue weighted by molar-refractivity contribution is 5.96. The van der Waals surface area contributed by atoms with Crippen LogP contribution in [-0.2, 0) is 4.79 Å².